The highest BCUT2D eigenvalue weighted by atomic mass is 16.3. The summed E-state index contributed by atoms with van der Waals surface area (Å²) in [6.07, 6.45) is 0. The molecule has 0 saturated carbocycles. The van der Waals surface area contributed by atoms with Gasteiger partial charge in [-0.2, -0.15) is 0 Å². The summed E-state index contributed by atoms with van der Waals surface area (Å²) in [5, 5.41) is 12.6. The molecule has 3 nitrogen and oxygen atoms in total. The van der Waals surface area contributed by atoms with Gasteiger partial charge in [-0.15, -0.1) is 0 Å². The van der Waals surface area contributed by atoms with Crippen molar-refractivity contribution in [3.05, 3.63) is 109 Å². The van der Waals surface area contributed by atoms with E-state index in [4.69, 9.17) is 4.42 Å². The summed E-state index contributed by atoms with van der Waals surface area (Å²) in [7, 11) is 0. The number of para-hydroxylation sites is 4. The predicted molar refractivity (Wildman–Crippen MR) is 163 cm³/mol. The van der Waals surface area contributed by atoms with Crippen LogP contribution in [0, 0.1) is 0 Å². The van der Waals surface area contributed by atoms with Gasteiger partial charge in [-0.3, -0.25) is 0 Å². The molecule has 0 N–H and O–H groups in total. The minimum absolute atomic E-state index is 0.938. The number of benzene rings is 6. The second-order valence-electron chi connectivity index (χ2n) is 10.9. The summed E-state index contributed by atoms with van der Waals surface area (Å²) in [5.74, 6) is 0. The van der Waals surface area contributed by atoms with Gasteiger partial charge in [0.15, 0.2) is 0 Å². The molecule has 0 unspecified atom stereocenters. The third-order valence-corrected chi connectivity index (χ3v) is 9.14. The smallest absolute Gasteiger partial charge is 0.145 e. The maximum atomic E-state index is 6.72. The molecule has 0 bridgehead atoms. The number of rotatable bonds is 0. The van der Waals surface area contributed by atoms with Crippen molar-refractivity contribution in [2.75, 3.05) is 0 Å². The Bertz CT molecular complexity index is 2820. The summed E-state index contributed by atoms with van der Waals surface area (Å²) in [4.78, 5) is 0. The Labute approximate surface area is 220 Å². The van der Waals surface area contributed by atoms with Crippen LogP contribution < -0.4 is 0 Å². The van der Waals surface area contributed by atoms with Gasteiger partial charge in [-0.25, -0.2) is 0 Å². The molecule has 0 amide bonds. The lowest BCUT2D eigenvalue weighted by molar-refractivity contribution is 0.673. The fraction of sp³-hybridized carbons (Fsp3) is 0. The Morgan fingerprint density at radius 3 is 1.67 bits per heavy atom. The van der Waals surface area contributed by atoms with Crippen molar-refractivity contribution in [3.8, 4) is 0 Å². The molecule has 0 aliphatic carbocycles. The molecule has 5 aromatic heterocycles. The zero-order valence-electron chi connectivity index (χ0n) is 20.7. The van der Waals surface area contributed by atoms with E-state index < -0.39 is 0 Å². The predicted octanol–water partition coefficient (Wildman–Crippen LogP) is 9.89. The van der Waals surface area contributed by atoms with Crippen LogP contribution >= 0.6 is 0 Å². The number of furan rings is 1. The van der Waals surface area contributed by atoms with E-state index in [0.717, 1.165) is 11.2 Å². The van der Waals surface area contributed by atoms with E-state index in [1.54, 1.807) is 0 Å². The lowest BCUT2D eigenvalue weighted by atomic mass is 9.99. The summed E-state index contributed by atoms with van der Waals surface area (Å²) in [6, 6.07) is 39.7. The Hall–Kier alpha value is -5.28. The summed E-state index contributed by atoms with van der Waals surface area (Å²) >= 11 is 0. The minimum Gasteiger partial charge on any atom is -0.455 e. The molecule has 0 spiro atoms. The Kier molecular flexibility index (Phi) is 2.93. The largest absolute Gasteiger partial charge is 0.455 e. The minimum atomic E-state index is 0.938. The molecule has 11 aromatic rings. The van der Waals surface area contributed by atoms with Crippen molar-refractivity contribution < 1.29 is 4.42 Å². The van der Waals surface area contributed by atoms with E-state index in [2.05, 4.69) is 118 Å². The maximum absolute atomic E-state index is 6.72. The highest BCUT2D eigenvalue weighted by Crippen LogP contribution is 2.51. The van der Waals surface area contributed by atoms with Crippen LogP contribution in [-0.2, 0) is 0 Å². The van der Waals surface area contributed by atoms with E-state index in [9.17, 15) is 0 Å². The van der Waals surface area contributed by atoms with Crippen LogP contribution in [0.3, 0.4) is 0 Å². The molecule has 0 fully saturated rings. The lowest BCUT2D eigenvalue weighted by Crippen LogP contribution is -1.81. The third kappa shape index (κ3) is 1.92. The molecule has 11 rings (SSSR count). The van der Waals surface area contributed by atoms with Crippen LogP contribution in [0.15, 0.2) is 114 Å². The zero-order chi connectivity index (χ0) is 25.0. The van der Waals surface area contributed by atoms with E-state index in [1.807, 2.05) is 0 Å². The molecule has 0 saturated heterocycles. The molecule has 0 radical (unpaired) electrons. The molecule has 0 atom stereocenters. The van der Waals surface area contributed by atoms with Gasteiger partial charge >= 0.3 is 0 Å². The fourth-order valence-corrected chi connectivity index (χ4v) is 7.72. The van der Waals surface area contributed by atoms with E-state index >= 15 is 0 Å². The van der Waals surface area contributed by atoms with Crippen LogP contribution in [0.5, 0.6) is 0 Å². The first kappa shape index (κ1) is 18.9. The number of nitrogens with zero attached hydrogens (tertiary/aromatic N) is 2. The van der Waals surface area contributed by atoms with Crippen molar-refractivity contribution in [1.29, 1.82) is 0 Å². The first-order valence-corrected chi connectivity index (χ1v) is 13.5. The monoisotopic (exact) mass is 494 g/mol. The van der Waals surface area contributed by atoms with Gasteiger partial charge < -0.3 is 13.2 Å². The van der Waals surface area contributed by atoms with Gasteiger partial charge in [-0.1, -0.05) is 72.8 Å². The summed E-state index contributed by atoms with van der Waals surface area (Å²) in [5.41, 5.74) is 9.46. The molecule has 6 aromatic carbocycles. The van der Waals surface area contributed by atoms with Crippen LogP contribution in [0.25, 0.3) is 98.1 Å². The van der Waals surface area contributed by atoms with Crippen molar-refractivity contribution in [2.45, 2.75) is 0 Å². The SMILES string of the molecule is c1ccc2c(c1)oc1c2cc2c3ccccc3n3c4cc5c6ccccc6n6c7ccccc7c(c4c1c23)c56. The zero-order valence-corrected chi connectivity index (χ0v) is 20.7. The van der Waals surface area contributed by atoms with Gasteiger partial charge in [0.25, 0.3) is 0 Å². The number of fused-ring (bicyclic) bond motifs is 17. The standard InChI is InChI=1S/C36H18N2O/c1-6-14-27-19(9-1)23-17-25-21-11-4-8-16-30(21)39-36(25)33-32-29(38(27)35(23)33)18-24-20-10-2-5-13-26(20)37-28-15-7-3-12-22(28)31(32)34(24)37/h1-18H. The van der Waals surface area contributed by atoms with Crippen molar-refractivity contribution in [2.24, 2.45) is 0 Å². The van der Waals surface area contributed by atoms with Gasteiger partial charge in [0, 0.05) is 48.5 Å². The van der Waals surface area contributed by atoms with E-state index in [-0.39, 0.29) is 0 Å². The third-order valence-electron chi connectivity index (χ3n) is 9.14. The van der Waals surface area contributed by atoms with Crippen LogP contribution in [0.2, 0.25) is 0 Å². The van der Waals surface area contributed by atoms with Gasteiger partial charge in [0.1, 0.15) is 11.2 Å². The van der Waals surface area contributed by atoms with Gasteiger partial charge in [0.2, 0.25) is 0 Å². The number of hydrogen-bond donors (Lipinski definition) is 0. The molecule has 178 valence electrons. The van der Waals surface area contributed by atoms with Crippen molar-refractivity contribution in [1.82, 2.24) is 8.80 Å². The average molecular weight is 495 g/mol. The Morgan fingerprint density at radius 1 is 0.385 bits per heavy atom. The Balaban J connectivity index is 1.59. The van der Waals surface area contributed by atoms with Crippen LogP contribution in [0.1, 0.15) is 0 Å². The Morgan fingerprint density at radius 2 is 0.923 bits per heavy atom. The molecule has 5 heterocycles. The topological polar surface area (TPSA) is 22.0 Å². The fourth-order valence-electron chi connectivity index (χ4n) is 7.72. The van der Waals surface area contributed by atoms with Crippen molar-refractivity contribution in [3.63, 3.8) is 0 Å². The average Bonchev–Trinajstić information content (AvgIpc) is 3.76. The lowest BCUT2D eigenvalue weighted by Gasteiger charge is -2.02. The first-order chi connectivity index (χ1) is 19.4. The summed E-state index contributed by atoms with van der Waals surface area (Å²) < 4.78 is 11.7. The number of hydrogen-bond acceptors (Lipinski definition) is 1. The highest BCUT2D eigenvalue weighted by molar-refractivity contribution is 6.41. The molecular formula is C36H18N2O. The quantitative estimate of drug-likeness (QED) is 0.206. The first-order valence-electron chi connectivity index (χ1n) is 13.5. The molecule has 3 heteroatoms. The van der Waals surface area contributed by atoms with E-state index in [1.165, 1.54) is 87.0 Å². The highest BCUT2D eigenvalue weighted by Gasteiger charge is 2.27. The summed E-state index contributed by atoms with van der Waals surface area (Å²) in [6.45, 7) is 0. The van der Waals surface area contributed by atoms with E-state index in [0.29, 0.717) is 0 Å². The second kappa shape index (κ2) is 6.06. The second-order valence-corrected chi connectivity index (χ2v) is 10.9. The van der Waals surface area contributed by atoms with Crippen LogP contribution in [-0.4, -0.2) is 8.80 Å². The van der Waals surface area contributed by atoms with Crippen LogP contribution in [0.4, 0.5) is 0 Å². The normalized spacial score (nSPS) is 13.1. The molecular weight excluding hydrogens is 476 g/mol. The molecule has 0 aliphatic heterocycles. The van der Waals surface area contributed by atoms with Crippen molar-refractivity contribution >= 4 is 98.1 Å². The molecule has 39 heavy (non-hydrogen) atoms. The molecule has 0 aliphatic rings. The maximum Gasteiger partial charge on any atom is 0.145 e. The van der Waals surface area contributed by atoms with Gasteiger partial charge in [0.05, 0.1) is 38.5 Å². The number of aromatic nitrogens is 2. The van der Waals surface area contributed by atoms with Gasteiger partial charge in [-0.05, 0) is 36.4 Å².